The smallest absolute Gasteiger partial charge is 0.217 e. The zero-order valence-electron chi connectivity index (χ0n) is 17.7. The van der Waals surface area contributed by atoms with Crippen LogP contribution in [0.5, 0.6) is 0 Å². The molecule has 1 aromatic heterocycles. The van der Waals surface area contributed by atoms with Crippen molar-refractivity contribution >= 4 is 28.5 Å². The fourth-order valence-corrected chi connectivity index (χ4v) is 4.65. The maximum absolute atomic E-state index is 13.7. The maximum Gasteiger partial charge on any atom is 0.217 e. The Morgan fingerprint density at radius 3 is 2.62 bits per heavy atom. The van der Waals surface area contributed by atoms with Gasteiger partial charge in [-0.25, -0.2) is 13.8 Å². The second-order valence-electron chi connectivity index (χ2n) is 8.10. The second kappa shape index (κ2) is 7.71. The molecule has 2 aliphatic rings. The predicted molar refractivity (Wildman–Crippen MR) is 118 cm³/mol. The van der Waals surface area contributed by atoms with E-state index in [9.17, 15) is 14.0 Å². The summed E-state index contributed by atoms with van der Waals surface area (Å²) in [6.45, 7) is 6.09. The highest BCUT2D eigenvalue weighted by Crippen LogP contribution is 2.34. The SMILES string of the molecule is Cc1ccccc1N1/C(=N/C#N)N2CCN(c3cnc4cc(F)c(F)cc4n3)CC2C1C. The summed E-state index contributed by atoms with van der Waals surface area (Å²) in [5, 5.41) is 9.33. The first kappa shape index (κ1) is 20.1. The Balaban J connectivity index is 1.47. The summed E-state index contributed by atoms with van der Waals surface area (Å²) in [7, 11) is 0. The monoisotopic (exact) mass is 433 g/mol. The minimum absolute atomic E-state index is 0.0611. The van der Waals surface area contributed by atoms with Crippen LogP contribution in [-0.2, 0) is 0 Å². The van der Waals surface area contributed by atoms with Gasteiger partial charge in [0.25, 0.3) is 0 Å². The molecule has 0 spiro atoms. The number of halogens is 2. The summed E-state index contributed by atoms with van der Waals surface area (Å²) in [6, 6.07) is 10.3. The Bertz CT molecular complexity index is 1270. The molecule has 2 aromatic carbocycles. The Morgan fingerprint density at radius 2 is 1.88 bits per heavy atom. The molecule has 5 rings (SSSR count). The zero-order valence-corrected chi connectivity index (χ0v) is 17.7. The van der Waals surface area contributed by atoms with Gasteiger partial charge in [0.05, 0.1) is 29.3 Å². The summed E-state index contributed by atoms with van der Waals surface area (Å²) in [5.74, 6) is -0.609. The number of piperazine rings is 1. The molecule has 2 saturated heterocycles. The topological polar surface area (TPSA) is 71.7 Å². The lowest BCUT2D eigenvalue weighted by atomic mass is 10.1. The number of hydrogen-bond donors (Lipinski definition) is 0. The first-order valence-electron chi connectivity index (χ1n) is 10.4. The van der Waals surface area contributed by atoms with Crippen molar-refractivity contribution in [3.05, 3.63) is 59.8 Å². The van der Waals surface area contributed by atoms with E-state index in [1.165, 1.54) is 0 Å². The minimum Gasteiger partial charge on any atom is -0.351 e. The van der Waals surface area contributed by atoms with E-state index in [1.807, 2.05) is 37.4 Å². The third-order valence-corrected chi connectivity index (χ3v) is 6.28. The molecule has 2 unspecified atom stereocenters. The molecule has 9 heteroatoms. The van der Waals surface area contributed by atoms with Gasteiger partial charge >= 0.3 is 0 Å². The lowest BCUT2D eigenvalue weighted by Crippen LogP contribution is -2.54. The molecule has 32 heavy (non-hydrogen) atoms. The molecule has 0 bridgehead atoms. The molecule has 2 aliphatic heterocycles. The van der Waals surface area contributed by atoms with Crippen LogP contribution in [0.4, 0.5) is 20.3 Å². The number of benzene rings is 2. The van der Waals surface area contributed by atoms with Gasteiger partial charge in [-0.1, -0.05) is 18.2 Å². The van der Waals surface area contributed by atoms with E-state index in [-0.39, 0.29) is 12.1 Å². The van der Waals surface area contributed by atoms with Crippen LogP contribution in [0.15, 0.2) is 47.6 Å². The summed E-state index contributed by atoms with van der Waals surface area (Å²) in [5.41, 5.74) is 2.76. The fraction of sp³-hybridized carbons (Fsp3) is 0.304. The first-order chi connectivity index (χ1) is 15.5. The van der Waals surface area contributed by atoms with Gasteiger partial charge in [-0.2, -0.15) is 5.26 Å². The second-order valence-corrected chi connectivity index (χ2v) is 8.10. The van der Waals surface area contributed by atoms with Gasteiger partial charge in [0.2, 0.25) is 12.2 Å². The van der Waals surface area contributed by atoms with Crippen molar-refractivity contribution in [3.63, 3.8) is 0 Å². The van der Waals surface area contributed by atoms with Crippen molar-refractivity contribution in [2.24, 2.45) is 4.99 Å². The van der Waals surface area contributed by atoms with Crippen LogP contribution in [0.25, 0.3) is 11.0 Å². The molecule has 0 saturated carbocycles. The first-order valence-corrected chi connectivity index (χ1v) is 10.4. The molecule has 7 nitrogen and oxygen atoms in total. The summed E-state index contributed by atoms with van der Waals surface area (Å²) >= 11 is 0. The number of hydrogen-bond acceptors (Lipinski definition) is 5. The highest BCUT2D eigenvalue weighted by atomic mass is 19.2. The van der Waals surface area contributed by atoms with E-state index < -0.39 is 11.6 Å². The van der Waals surface area contributed by atoms with Gasteiger partial charge in [0.1, 0.15) is 5.82 Å². The van der Waals surface area contributed by atoms with Crippen LogP contribution in [0, 0.1) is 30.0 Å². The van der Waals surface area contributed by atoms with Gasteiger partial charge in [0.15, 0.2) is 11.6 Å². The van der Waals surface area contributed by atoms with Gasteiger partial charge < -0.3 is 14.7 Å². The van der Waals surface area contributed by atoms with E-state index in [0.717, 1.165) is 23.4 Å². The molecular formula is C23H21F2N7. The molecule has 2 atom stereocenters. The maximum atomic E-state index is 13.7. The average Bonchev–Trinajstić information content (AvgIpc) is 3.06. The van der Waals surface area contributed by atoms with Crippen molar-refractivity contribution < 1.29 is 8.78 Å². The van der Waals surface area contributed by atoms with Crippen molar-refractivity contribution in [3.8, 4) is 6.19 Å². The standard InChI is InChI=1S/C23H21F2N7/c1-14-5-3-4-6-20(14)32-15(2)21-12-30(7-8-31(21)23(32)28-13-26)22-11-27-18-9-16(24)17(25)10-19(18)29-22/h3-6,9-11,15,21H,7-8,12H2,1-2H3/b28-23+. The number of para-hydroxylation sites is 1. The number of rotatable bonds is 2. The number of aryl methyl sites for hydroxylation is 1. The van der Waals surface area contributed by atoms with Crippen molar-refractivity contribution in [2.75, 3.05) is 29.4 Å². The highest BCUT2D eigenvalue weighted by Gasteiger charge is 2.45. The lowest BCUT2D eigenvalue weighted by Gasteiger charge is -2.38. The van der Waals surface area contributed by atoms with Crippen LogP contribution in [0.2, 0.25) is 0 Å². The number of fused-ring (bicyclic) bond motifs is 2. The Kier molecular flexibility index (Phi) is 4.85. The zero-order chi connectivity index (χ0) is 22.4. The van der Waals surface area contributed by atoms with Crippen LogP contribution >= 0.6 is 0 Å². The lowest BCUT2D eigenvalue weighted by molar-refractivity contribution is 0.288. The Hall–Kier alpha value is -3.80. The van der Waals surface area contributed by atoms with Crippen LogP contribution in [-0.4, -0.2) is 52.5 Å². The average molecular weight is 433 g/mol. The van der Waals surface area contributed by atoms with E-state index in [4.69, 9.17) is 0 Å². The molecule has 0 aliphatic carbocycles. The van der Waals surface area contributed by atoms with Gasteiger partial charge in [-0.05, 0) is 25.5 Å². The molecule has 0 radical (unpaired) electrons. The fourth-order valence-electron chi connectivity index (χ4n) is 4.65. The third-order valence-electron chi connectivity index (χ3n) is 6.28. The number of aromatic nitrogens is 2. The van der Waals surface area contributed by atoms with Gasteiger partial charge in [-0.3, -0.25) is 4.98 Å². The molecule has 3 heterocycles. The minimum atomic E-state index is -0.940. The molecular weight excluding hydrogens is 412 g/mol. The summed E-state index contributed by atoms with van der Waals surface area (Å²) < 4.78 is 27.2. The van der Waals surface area contributed by atoms with Gasteiger partial charge in [-0.15, -0.1) is 4.99 Å². The van der Waals surface area contributed by atoms with Crippen LogP contribution in [0.3, 0.4) is 0 Å². The number of anilines is 2. The highest BCUT2D eigenvalue weighted by molar-refractivity contribution is 6.00. The number of nitrogens with zero attached hydrogens (tertiary/aromatic N) is 7. The summed E-state index contributed by atoms with van der Waals surface area (Å²) in [6.07, 6.45) is 3.55. The predicted octanol–water partition coefficient (Wildman–Crippen LogP) is 3.45. The van der Waals surface area contributed by atoms with E-state index >= 15 is 0 Å². The normalized spacial score (nSPS) is 21.8. The van der Waals surface area contributed by atoms with E-state index in [0.29, 0.717) is 42.4 Å². The van der Waals surface area contributed by atoms with Crippen LogP contribution < -0.4 is 9.80 Å². The Morgan fingerprint density at radius 1 is 1.12 bits per heavy atom. The molecule has 0 N–H and O–H groups in total. The Labute approximate surface area is 184 Å². The number of nitriles is 1. The van der Waals surface area contributed by atoms with Crippen molar-refractivity contribution in [2.45, 2.75) is 25.9 Å². The van der Waals surface area contributed by atoms with Gasteiger partial charge in [0, 0.05) is 37.5 Å². The number of guanidine groups is 1. The molecule has 2 fully saturated rings. The largest absolute Gasteiger partial charge is 0.351 e. The van der Waals surface area contributed by atoms with Crippen molar-refractivity contribution in [1.82, 2.24) is 14.9 Å². The molecule has 3 aromatic rings. The number of aliphatic imine (C=N–C) groups is 1. The van der Waals surface area contributed by atoms with E-state index in [2.05, 4.69) is 36.6 Å². The third kappa shape index (κ3) is 3.19. The quantitative estimate of drug-likeness (QED) is 0.577. The van der Waals surface area contributed by atoms with Crippen molar-refractivity contribution in [1.29, 1.82) is 5.26 Å². The van der Waals surface area contributed by atoms with Crippen LogP contribution in [0.1, 0.15) is 12.5 Å². The van der Waals surface area contributed by atoms with E-state index in [1.54, 1.807) is 6.20 Å². The molecule has 0 amide bonds. The molecule has 162 valence electrons. The summed E-state index contributed by atoms with van der Waals surface area (Å²) in [4.78, 5) is 19.4.